The van der Waals surface area contributed by atoms with Gasteiger partial charge in [0.1, 0.15) is 0 Å². The summed E-state index contributed by atoms with van der Waals surface area (Å²) < 4.78 is 24.8. The maximum atomic E-state index is 12.4. The van der Waals surface area contributed by atoms with E-state index < -0.39 is 12.3 Å². The van der Waals surface area contributed by atoms with Gasteiger partial charge >= 0.3 is 12.3 Å². The molecule has 0 aromatic rings. The lowest BCUT2D eigenvalue weighted by atomic mass is 10.5. The monoisotopic (exact) mass is 198 g/mol. The van der Waals surface area contributed by atoms with Crippen molar-refractivity contribution in [3.05, 3.63) is 12.3 Å². The Labute approximate surface area is 72.6 Å². The molecule has 0 bridgehead atoms. The highest BCUT2D eigenvalue weighted by Gasteiger charge is 2.39. The molecule has 0 aromatic heterocycles. The van der Waals surface area contributed by atoms with Gasteiger partial charge in [0, 0.05) is 12.4 Å². The van der Waals surface area contributed by atoms with Gasteiger partial charge in [-0.2, -0.15) is 8.78 Å². The molecule has 12 heavy (non-hydrogen) atoms. The molecular formula is C5H5ClF2N2O2. The number of aliphatic imine (C=N–C) groups is 1. The normalized spacial score (nSPS) is 18.7. The van der Waals surface area contributed by atoms with E-state index in [4.69, 9.17) is 5.11 Å². The number of hydrogen-bond donors (Lipinski definition) is 1. The summed E-state index contributed by atoms with van der Waals surface area (Å²) in [5, 5.41) is 8.19. The van der Waals surface area contributed by atoms with Crippen LogP contribution in [0.3, 0.4) is 0 Å². The van der Waals surface area contributed by atoms with Gasteiger partial charge in [-0.1, -0.05) is 0 Å². The van der Waals surface area contributed by atoms with Crippen LogP contribution in [0.4, 0.5) is 13.6 Å². The summed E-state index contributed by atoms with van der Waals surface area (Å²) in [6.07, 6.45) is -2.69. The zero-order chi connectivity index (χ0) is 8.48. The van der Waals surface area contributed by atoms with Gasteiger partial charge in [-0.05, 0) is 6.08 Å². The molecule has 1 heterocycles. The van der Waals surface area contributed by atoms with E-state index in [-0.39, 0.29) is 17.3 Å². The summed E-state index contributed by atoms with van der Waals surface area (Å²) in [5.41, 5.74) is 0. The summed E-state index contributed by atoms with van der Waals surface area (Å²) in [6.45, 7) is 0. The van der Waals surface area contributed by atoms with Crippen molar-refractivity contribution in [2.75, 3.05) is 0 Å². The van der Waals surface area contributed by atoms with Crippen LogP contribution in [-0.2, 0) is 0 Å². The number of carboxylic acid groups (broad SMARTS) is 1. The van der Waals surface area contributed by atoms with E-state index in [2.05, 4.69) is 4.99 Å². The minimum atomic E-state index is -3.67. The Bertz CT molecular complexity index is 242. The van der Waals surface area contributed by atoms with E-state index in [0.717, 1.165) is 18.5 Å². The number of hydrogen-bond acceptors (Lipinski definition) is 2. The van der Waals surface area contributed by atoms with Crippen LogP contribution in [0.2, 0.25) is 0 Å². The molecule has 0 saturated carbocycles. The zero-order valence-corrected chi connectivity index (χ0v) is 6.46. The lowest BCUT2D eigenvalue weighted by molar-refractivity contribution is -0.0983. The summed E-state index contributed by atoms with van der Waals surface area (Å²) in [5.74, 6) is 0. The Morgan fingerprint density at radius 2 is 2.17 bits per heavy atom. The van der Waals surface area contributed by atoms with Crippen molar-refractivity contribution in [3.63, 3.8) is 0 Å². The number of nitrogens with zero attached hydrogens (tertiary/aromatic N) is 2. The van der Waals surface area contributed by atoms with Gasteiger partial charge in [-0.3, -0.25) is 0 Å². The van der Waals surface area contributed by atoms with Crippen molar-refractivity contribution in [2.24, 2.45) is 4.99 Å². The van der Waals surface area contributed by atoms with E-state index in [1.165, 1.54) is 0 Å². The molecule has 1 amide bonds. The number of allylic oxidation sites excluding steroid dienone is 1. The molecule has 4 nitrogen and oxygen atoms in total. The summed E-state index contributed by atoms with van der Waals surface area (Å²) in [7, 11) is 0. The van der Waals surface area contributed by atoms with Crippen molar-refractivity contribution in [1.82, 2.24) is 4.90 Å². The summed E-state index contributed by atoms with van der Waals surface area (Å²) in [6, 6.07) is 0. The highest BCUT2D eigenvalue weighted by molar-refractivity contribution is 5.85. The van der Waals surface area contributed by atoms with Gasteiger partial charge in [0.05, 0.1) is 0 Å². The van der Waals surface area contributed by atoms with Crippen molar-refractivity contribution in [2.45, 2.75) is 6.17 Å². The number of alkyl halides is 2. The maximum Gasteiger partial charge on any atom is 0.440 e. The standard InChI is InChI=1S/C5H4F2N2O2.ClH/c6-5(7)8-2-1-3-9(5)4(10)11;/h1-3H,(H,10,11);1H. The molecule has 0 fully saturated rings. The van der Waals surface area contributed by atoms with Crippen LogP contribution in [0, 0.1) is 0 Å². The topological polar surface area (TPSA) is 52.9 Å². The molecule has 0 saturated heterocycles. The van der Waals surface area contributed by atoms with Crippen molar-refractivity contribution in [3.8, 4) is 0 Å². The van der Waals surface area contributed by atoms with Crippen LogP contribution in [0.25, 0.3) is 0 Å². The predicted octanol–water partition coefficient (Wildman–Crippen LogP) is 1.54. The highest BCUT2D eigenvalue weighted by atomic mass is 35.5. The molecule has 0 radical (unpaired) electrons. The second-order valence-corrected chi connectivity index (χ2v) is 1.78. The van der Waals surface area contributed by atoms with E-state index in [1.54, 1.807) is 0 Å². The van der Waals surface area contributed by atoms with Crippen molar-refractivity contribution >= 4 is 24.7 Å². The van der Waals surface area contributed by atoms with Gasteiger partial charge < -0.3 is 5.11 Å². The lowest BCUT2D eigenvalue weighted by Crippen LogP contribution is -2.41. The number of amides is 1. The Balaban J connectivity index is 0.00000121. The maximum absolute atomic E-state index is 12.4. The second kappa shape index (κ2) is 3.48. The fourth-order valence-electron chi connectivity index (χ4n) is 0.588. The number of carbonyl (C=O) groups is 1. The van der Waals surface area contributed by atoms with E-state index in [9.17, 15) is 13.6 Å². The Morgan fingerprint density at radius 3 is 2.50 bits per heavy atom. The molecule has 7 heteroatoms. The summed E-state index contributed by atoms with van der Waals surface area (Å²) in [4.78, 5) is 12.6. The zero-order valence-electron chi connectivity index (χ0n) is 5.65. The third kappa shape index (κ3) is 1.91. The third-order valence-electron chi connectivity index (χ3n) is 1.05. The van der Waals surface area contributed by atoms with Crippen LogP contribution in [0.15, 0.2) is 17.3 Å². The molecule has 0 spiro atoms. The molecule has 0 aromatic carbocycles. The van der Waals surface area contributed by atoms with Crippen LogP contribution >= 0.6 is 12.4 Å². The largest absolute Gasteiger partial charge is 0.464 e. The highest BCUT2D eigenvalue weighted by Crippen LogP contribution is 2.23. The molecule has 68 valence electrons. The third-order valence-corrected chi connectivity index (χ3v) is 1.05. The average Bonchev–Trinajstić information content (AvgIpc) is 1.85. The first-order valence-electron chi connectivity index (χ1n) is 2.66. The molecule has 1 rings (SSSR count). The van der Waals surface area contributed by atoms with E-state index in [1.807, 2.05) is 0 Å². The van der Waals surface area contributed by atoms with E-state index >= 15 is 0 Å². The Kier molecular flexibility index (Phi) is 3.15. The second-order valence-electron chi connectivity index (χ2n) is 1.78. The van der Waals surface area contributed by atoms with Crippen LogP contribution in [0.5, 0.6) is 0 Å². The number of halogens is 3. The molecule has 0 unspecified atom stereocenters. The van der Waals surface area contributed by atoms with Crippen molar-refractivity contribution < 1.29 is 18.7 Å². The van der Waals surface area contributed by atoms with Crippen LogP contribution in [-0.4, -0.2) is 28.5 Å². The first-order valence-corrected chi connectivity index (χ1v) is 2.66. The van der Waals surface area contributed by atoms with Crippen LogP contribution < -0.4 is 0 Å². The van der Waals surface area contributed by atoms with Gasteiger partial charge in [0.2, 0.25) is 0 Å². The molecular weight excluding hydrogens is 194 g/mol. The van der Waals surface area contributed by atoms with Gasteiger partial charge in [0.15, 0.2) is 0 Å². The van der Waals surface area contributed by atoms with Gasteiger partial charge in [0.25, 0.3) is 0 Å². The predicted molar refractivity (Wildman–Crippen MR) is 39.7 cm³/mol. The van der Waals surface area contributed by atoms with Crippen LogP contribution in [0.1, 0.15) is 0 Å². The van der Waals surface area contributed by atoms with Gasteiger partial charge in [-0.15, -0.1) is 12.4 Å². The minimum absolute atomic E-state index is 0. The fraction of sp³-hybridized carbons (Fsp3) is 0.200. The Morgan fingerprint density at radius 1 is 1.58 bits per heavy atom. The fourth-order valence-corrected chi connectivity index (χ4v) is 0.588. The van der Waals surface area contributed by atoms with Crippen molar-refractivity contribution in [1.29, 1.82) is 0 Å². The molecule has 1 aliphatic heterocycles. The minimum Gasteiger partial charge on any atom is -0.464 e. The van der Waals surface area contributed by atoms with Gasteiger partial charge in [-0.25, -0.2) is 14.7 Å². The number of rotatable bonds is 0. The first kappa shape index (κ1) is 10.8. The first-order chi connectivity index (χ1) is 5.04. The SMILES string of the molecule is Cl.O=C(O)N1C=CC=NC1(F)F. The molecule has 1 N–H and O–H groups in total. The lowest BCUT2D eigenvalue weighted by Gasteiger charge is -2.22. The van der Waals surface area contributed by atoms with E-state index in [0.29, 0.717) is 0 Å². The molecule has 0 atom stereocenters. The summed E-state index contributed by atoms with van der Waals surface area (Å²) >= 11 is 0. The average molecular weight is 199 g/mol. The molecule has 1 aliphatic rings. The quantitative estimate of drug-likeness (QED) is 0.601. The molecule has 0 aliphatic carbocycles. The Hall–Kier alpha value is -1.17. The smallest absolute Gasteiger partial charge is 0.440 e.